The van der Waals surface area contributed by atoms with Crippen molar-refractivity contribution in [3.63, 3.8) is 0 Å². The number of rotatable bonds is 6. The molecule has 0 aliphatic rings. The summed E-state index contributed by atoms with van der Waals surface area (Å²) in [4.78, 5) is 0.275. The van der Waals surface area contributed by atoms with E-state index in [2.05, 4.69) is 32.4 Å². The SMILES string of the molecule is CC(C)C(C)(C)CNS(=O)(=O)c1ccccc1CN. The molecule has 0 spiro atoms. The largest absolute Gasteiger partial charge is 0.326 e. The molecule has 0 aliphatic carbocycles. The van der Waals surface area contributed by atoms with E-state index in [0.717, 1.165) is 0 Å². The van der Waals surface area contributed by atoms with Gasteiger partial charge in [0.25, 0.3) is 0 Å². The molecule has 4 nitrogen and oxygen atoms in total. The van der Waals surface area contributed by atoms with Crippen molar-refractivity contribution in [2.75, 3.05) is 6.54 Å². The Hall–Kier alpha value is -0.910. The predicted molar refractivity (Wildman–Crippen MR) is 78.1 cm³/mol. The highest BCUT2D eigenvalue weighted by Crippen LogP contribution is 2.25. The van der Waals surface area contributed by atoms with Crippen molar-refractivity contribution >= 4 is 10.0 Å². The van der Waals surface area contributed by atoms with Crippen LogP contribution in [0.3, 0.4) is 0 Å². The topological polar surface area (TPSA) is 72.2 Å². The Morgan fingerprint density at radius 3 is 2.37 bits per heavy atom. The summed E-state index contributed by atoms with van der Waals surface area (Å²) in [6, 6.07) is 6.83. The number of benzene rings is 1. The van der Waals surface area contributed by atoms with Gasteiger partial charge in [0, 0.05) is 13.1 Å². The molecule has 0 amide bonds. The molecule has 1 rings (SSSR count). The van der Waals surface area contributed by atoms with E-state index in [1.807, 2.05) is 0 Å². The summed E-state index contributed by atoms with van der Waals surface area (Å²) in [5.41, 5.74) is 6.13. The molecular formula is C14H24N2O2S. The average molecular weight is 284 g/mol. The first-order valence-electron chi connectivity index (χ1n) is 6.48. The molecule has 0 saturated heterocycles. The van der Waals surface area contributed by atoms with Gasteiger partial charge in [-0.3, -0.25) is 0 Å². The third-order valence-corrected chi connectivity index (χ3v) is 5.26. The van der Waals surface area contributed by atoms with Gasteiger partial charge in [-0.1, -0.05) is 45.9 Å². The summed E-state index contributed by atoms with van der Waals surface area (Å²) in [5.74, 6) is 0.389. The summed E-state index contributed by atoms with van der Waals surface area (Å²) in [5, 5.41) is 0. The highest BCUT2D eigenvalue weighted by atomic mass is 32.2. The van der Waals surface area contributed by atoms with Crippen LogP contribution in [0.25, 0.3) is 0 Å². The maximum atomic E-state index is 12.3. The summed E-state index contributed by atoms with van der Waals surface area (Å²) in [6.07, 6.45) is 0. The van der Waals surface area contributed by atoms with Crippen LogP contribution in [0.4, 0.5) is 0 Å². The van der Waals surface area contributed by atoms with E-state index >= 15 is 0 Å². The van der Waals surface area contributed by atoms with Gasteiger partial charge in [-0.05, 0) is 23.0 Å². The van der Waals surface area contributed by atoms with Crippen molar-refractivity contribution in [2.45, 2.75) is 39.1 Å². The monoisotopic (exact) mass is 284 g/mol. The molecule has 0 saturated carbocycles. The van der Waals surface area contributed by atoms with Gasteiger partial charge in [0.2, 0.25) is 10.0 Å². The molecule has 108 valence electrons. The van der Waals surface area contributed by atoms with E-state index in [1.54, 1.807) is 24.3 Å². The molecule has 0 bridgehead atoms. The van der Waals surface area contributed by atoms with Crippen molar-refractivity contribution < 1.29 is 8.42 Å². The number of sulfonamides is 1. The number of nitrogens with two attached hydrogens (primary N) is 1. The van der Waals surface area contributed by atoms with Crippen LogP contribution in [0.1, 0.15) is 33.3 Å². The second-order valence-electron chi connectivity index (χ2n) is 5.78. The summed E-state index contributed by atoms with van der Waals surface area (Å²) in [6.45, 7) is 8.89. The molecule has 0 aromatic heterocycles. The van der Waals surface area contributed by atoms with Crippen LogP contribution in [0.2, 0.25) is 0 Å². The quantitative estimate of drug-likeness (QED) is 0.840. The van der Waals surface area contributed by atoms with Gasteiger partial charge in [0.05, 0.1) is 4.90 Å². The third-order valence-electron chi connectivity index (χ3n) is 3.76. The highest BCUT2D eigenvalue weighted by molar-refractivity contribution is 7.89. The van der Waals surface area contributed by atoms with Crippen molar-refractivity contribution in [3.8, 4) is 0 Å². The first-order valence-corrected chi connectivity index (χ1v) is 7.96. The minimum atomic E-state index is -3.50. The van der Waals surface area contributed by atoms with E-state index < -0.39 is 10.0 Å². The zero-order valence-corrected chi connectivity index (χ0v) is 12.9. The molecule has 0 heterocycles. The number of nitrogens with one attached hydrogen (secondary N) is 1. The fraction of sp³-hybridized carbons (Fsp3) is 0.571. The molecular weight excluding hydrogens is 260 g/mol. The minimum absolute atomic E-state index is 0.0925. The smallest absolute Gasteiger partial charge is 0.240 e. The summed E-state index contributed by atoms with van der Waals surface area (Å²) in [7, 11) is -3.50. The molecule has 0 unspecified atom stereocenters. The van der Waals surface area contributed by atoms with Gasteiger partial charge < -0.3 is 5.73 Å². The fourth-order valence-electron chi connectivity index (χ4n) is 1.50. The Morgan fingerprint density at radius 1 is 1.26 bits per heavy atom. The van der Waals surface area contributed by atoms with Crippen LogP contribution in [-0.4, -0.2) is 15.0 Å². The first kappa shape index (κ1) is 16.1. The van der Waals surface area contributed by atoms with E-state index in [0.29, 0.717) is 18.0 Å². The highest BCUT2D eigenvalue weighted by Gasteiger charge is 2.26. The summed E-state index contributed by atoms with van der Waals surface area (Å²) < 4.78 is 27.3. The van der Waals surface area contributed by atoms with E-state index in [4.69, 9.17) is 5.73 Å². The molecule has 0 aliphatic heterocycles. The number of hydrogen-bond acceptors (Lipinski definition) is 3. The molecule has 0 fully saturated rings. The lowest BCUT2D eigenvalue weighted by Crippen LogP contribution is -2.37. The van der Waals surface area contributed by atoms with Gasteiger partial charge in [-0.2, -0.15) is 0 Å². The van der Waals surface area contributed by atoms with Crippen LogP contribution >= 0.6 is 0 Å². The lowest BCUT2D eigenvalue weighted by molar-refractivity contribution is 0.252. The maximum absolute atomic E-state index is 12.3. The van der Waals surface area contributed by atoms with Gasteiger partial charge in [-0.25, -0.2) is 13.1 Å². The molecule has 5 heteroatoms. The third kappa shape index (κ3) is 4.03. The van der Waals surface area contributed by atoms with Gasteiger partial charge in [0.15, 0.2) is 0 Å². The molecule has 0 atom stereocenters. The lowest BCUT2D eigenvalue weighted by atomic mass is 9.81. The fourth-order valence-corrected chi connectivity index (χ4v) is 2.97. The summed E-state index contributed by atoms with van der Waals surface area (Å²) >= 11 is 0. The second kappa shape index (κ2) is 6.03. The van der Waals surface area contributed by atoms with Crippen LogP contribution in [-0.2, 0) is 16.6 Å². The van der Waals surface area contributed by atoms with Crippen LogP contribution in [0.5, 0.6) is 0 Å². The van der Waals surface area contributed by atoms with Gasteiger partial charge >= 0.3 is 0 Å². The van der Waals surface area contributed by atoms with Crippen molar-refractivity contribution in [1.29, 1.82) is 0 Å². The van der Waals surface area contributed by atoms with Crippen molar-refractivity contribution in [3.05, 3.63) is 29.8 Å². The zero-order valence-electron chi connectivity index (χ0n) is 12.1. The normalized spacial score (nSPS) is 12.9. The Labute approximate surface area is 116 Å². The van der Waals surface area contributed by atoms with Crippen LogP contribution in [0.15, 0.2) is 29.2 Å². The lowest BCUT2D eigenvalue weighted by Gasteiger charge is -2.29. The van der Waals surface area contributed by atoms with Crippen LogP contribution in [0, 0.1) is 11.3 Å². The molecule has 3 N–H and O–H groups in total. The van der Waals surface area contributed by atoms with E-state index in [-0.39, 0.29) is 16.9 Å². The Kier molecular flexibility index (Phi) is 5.12. The van der Waals surface area contributed by atoms with Crippen molar-refractivity contribution in [1.82, 2.24) is 4.72 Å². The Balaban J connectivity index is 2.94. The van der Waals surface area contributed by atoms with E-state index in [1.165, 1.54) is 0 Å². The molecule has 19 heavy (non-hydrogen) atoms. The predicted octanol–water partition coefficient (Wildman–Crippen LogP) is 2.11. The molecule has 1 aromatic carbocycles. The van der Waals surface area contributed by atoms with Gasteiger partial charge in [-0.15, -0.1) is 0 Å². The molecule has 1 aromatic rings. The van der Waals surface area contributed by atoms with Crippen LogP contribution < -0.4 is 10.5 Å². The zero-order chi connectivity index (χ0) is 14.7. The average Bonchev–Trinajstić information content (AvgIpc) is 2.36. The standard InChI is InChI=1S/C14H24N2O2S/c1-11(2)14(3,4)10-16-19(17,18)13-8-6-5-7-12(13)9-15/h5-8,11,16H,9-10,15H2,1-4H3. The molecule has 0 radical (unpaired) electrons. The number of hydrogen-bond donors (Lipinski definition) is 2. The van der Waals surface area contributed by atoms with Gasteiger partial charge in [0.1, 0.15) is 0 Å². The Bertz CT molecular complexity index is 522. The minimum Gasteiger partial charge on any atom is -0.326 e. The Morgan fingerprint density at radius 2 is 1.84 bits per heavy atom. The first-order chi connectivity index (χ1) is 8.70. The van der Waals surface area contributed by atoms with E-state index in [9.17, 15) is 8.42 Å². The van der Waals surface area contributed by atoms with Crippen molar-refractivity contribution in [2.24, 2.45) is 17.1 Å². The second-order valence-corrected chi connectivity index (χ2v) is 7.52. The maximum Gasteiger partial charge on any atom is 0.240 e.